The minimum absolute atomic E-state index is 0.482. The molecular formula is C15H22N2O3. The number of anilines is 1. The van der Waals surface area contributed by atoms with Crippen molar-refractivity contribution in [2.45, 2.75) is 26.2 Å². The number of aromatic nitrogens is 1. The molecule has 20 heavy (non-hydrogen) atoms. The van der Waals surface area contributed by atoms with Crippen molar-refractivity contribution >= 4 is 11.7 Å². The third-order valence-electron chi connectivity index (χ3n) is 4.06. The summed E-state index contributed by atoms with van der Waals surface area (Å²) in [6, 6.07) is 3.95. The smallest absolute Gasteiger partial charge is 0.311 e. The van der Waals surface area contributed by atoms with Gasteiger partial charge in [0.1, 0.15) is 0 Å². The lowest BCUT2D eigenvalue weighted by molar-refractivity contribution is -0.150. The topological polar surface area (TPSA) is 62.7 Å². The van der Waals surface area contributed by atoms with Gasteiger partial charge in [-0.05, 0) is 38.3 Å². The monoisotopic (exact) mass is 278 g/mol. The van der Waals surface area contributed by atoms with Crippen molar-refractivity contribution in [3.8, 4) is 0 Å². The van der Waals surface area contributed by atoms with Crippen LogP contribution in [0, 0.1) is 12.3 Å². The van der Waals surface area contributed by atoms with Crippen LogP contribution in [-0.2, 0) is 9.53 Å². The van der Waals surface area contributed by atoms with Gasteiger partial charge in [-0.25, -0.2) is 0 Å². The van der Waals surface area contributed by atoms with Gasteiger partial charge in [-0.3, -0.25) is 9.78 Å². The molecule has 0 spiro atoms. The molecule has 0 aliphatic carbocycles. The lowest BCUT2D eigenvalue weighted by Crippen LogP contribution is -2.48. The SMILES string of the molecule is COCCC1(C(=O)O)CCCN(c2ccnc(C)c2)C1. The number of rotatable bonds is 5. The predicted molar refractivity (Wildman–Crippen MR) is 77.0 cm³/mol. The Kier molecular flexibility index (Phi) is 4.60. The Bertz CT molecular complexity index is 478. The van der Waals surface area contributed by atoms with E-state index in [0.717, 1.165) is 24.3 Å². The molecule has 1 atom stereocenters. The van der Waals surface area contributed by atoms with E-state index in [1.807, 2.05) is 19.1 Å². The van der Waals surface area contributed by atoms with Crippen LogP contribution in [0.15, 0.2) is 18.3 Å². The summed E-state index contributed by atoms with van der Waals surface area (Å²) in [6.45, 7) is 3.86. The maximum absolute atomic E-state index is 11.7. The van der Waals surface area contributed by atoms with Gasteiger partial charge in [0.25, 0.3) is 0 Å². The summed E-state index contributed by atoms with van der Waals surface area (Å²) in [4.78, 5) is 18.1. The van der Waals surface area contributed by atoms with E-state index in [1.54, 1.807) is 13.3 Å². The van der Waals surface area contributed by atoms with Crippen LogP contribution in [0.1, 0.15) is 25.0 Å². The lowest BCUT2D eigenvalue weighted by Gasteiger charge is -2.41. The molecule has 1 aromatic rings. The van der Waals surface area contributed by atoms with Gasteiger partial charge >= 0.3 is 5.97 Å². The Morgan fingerprint density at radius 1 is 1.60 bits per heavy atom. The van der Waals surface area contributed by atoms with E-state index in [1.165, 1.54) is 0 Å². The molecule has 1 aliphatic rings. The maximum atomic E-state index is 11.7. The standard InChI is InChI=1S/C15H22N2O3/c1-12-10-13(4-7-16-12)17-8-3-5-15(11-17,14(18)19)6-9-20-2/h4,7,10H,3,5-6,8-9,11H2,1-2H3,(H,18,19). The molecule has 0 saturated carbocycles. The quantitative estimate of drug-likeness (QED) is 0.893. The zero-order valence-corrected chi connectivity index (χ0v) is 12.1. The number of hydrogen-bond donors (Lipinski definition) is 1. The van der Waals surface area contributed by atoms with E-state index in [-0.39, 0.29) is 0 Å². The Labute approximate surface area is 119 Å². The van der Waals surface area contributed by atoms with Gasteiger partial charge < -0.3 is 14.7 Å². The average Bonchev–Trinajstić information content (AvgIpc) is 2.45. The highest BCUT2D eigenvalue weighted by molar-refractivity contribution is 5.76. The number of carbonyl (C=O) groups is 1. The van der Waals surface area contributed by atoms with E-state index in [0.29, 0.717) is 26.0 Å². The third kappa shape index (κ3) is 3.10. The van der Waals surface area contributed by atoms with Crippen LogP contribution in [0.5, 0.6) is 0 Å². The minimum atomic E-state index is -0.718. The number of piperidine rings is 1. The van der Waals surface area contributed by atoms with Crippen LogP contribution < -0.4 is 4.90 Å². The van der Waals surface area contributed by atoms with Crippen LogP contribution in [0.25, 0.3) is 0 Å². The average molecular weight is 278 g/mol. The summed E-state index contributed by atoms with van der Waals surface area (Å²) in [5, 5.41) is 9.64. The number of aliphatic carboxylic acids is 1. The fourth-order valence-corrected chi connectivity index (χ4v) is 2.86. The Balaban J connectivity index is 2.19. The fourth-order valence-electron chi connectivity index (χ4n) is 2.86. The number of carboxylic acids is 1. The minimum Gasteiger partial charge on any atom is -0.481 e. The second-order valence-electron chi connectivity index (χ2n) is 5.51. The van der Waals surface area contributed by atoms with Gasteiger partial charge in [0.2, 0.25) is 0 Å². The zero-order chi connectivity index (χ0) is 14.6. The summed E-state index contributed by atoms with van der Waals surface area (Å²) in [7, 11) is 1.61. The number of aryl methyl sites for hydroxylation is 1. The molecule has 5 heteroatoms. The zero-order valence-electron chi connectivity index (χ0n) is 12.1. The molecule has 0 amide bonds. The highest BCUT2D eigenvalue weighted by atomic mass is 16.5. The first-order chi connectivity index (χ1) is 9.57. The van der Waals surface area contributed by atoms with Crippen LogP contribution in [0.2, 0.25) is 0 Å². The van der Waals surface area contributed by atoms with Crippen molar-refractivity contribution in [1.29, 1.82) is 0 Å². The number of ether oxygens (including phenoxy) is 1. The molecule has 110 valence electrons. The summed E-state index contributed by atoms with van der Waals surface area (Å²) in [6.07, 6.45) is 3.93. The molecule has 0 radical (unpaired) electrons. The maximum Gasteiger partial charge on any atom is 0.311 e. The van der Waals surface area contributed by atoms with Crippen molar-refractivity contribution in [3.63, 3.8) is 0 Å². The van der Waals surface area contributed by atoms with Gasteiger partial charge in [-0.2, -0.15) is 0 Å². The van der Waals surface area contributed by atoms with Crippen molar-refractivity contribution in [2.75, 3.05) is 31.7 Å². The Hall–Kier alpha value is -1.62. The summed E-state index contributed by atoms with van der Waals surface area (Å²) >= 11 is 0. The van der Waals surface area contributed by atoms with E-state index in [4.69, 9.17) is 4.74 Å². The Morgan fingerprint density at radius 3 is 3.05 bits per heavy atom. The first kappa shape index (κ1) is 14.8. The van der Waals surface area contributed by atoms with Gasteiger partial charge in [0.15, 0.2) is 0 Å². The molecular weight excluding hydrogens is 256 g/mol. The molecule has 0 aromatic carbocycles. The second kappa shape index (κ2) is 6.22. The number of nitrogens with zero attached hydrogens (tertiary/aromatic N) is 2. The molecule has 1 aliphatic heterocycles. The van der Waals surface area contributed by atoms with Crippen LogP contribution in [0.3, 0.4) is 0 Å². The number of methoxy groups -OCH3 is 1. The van der Waals surface area contributed by atoms with E-state index in [9.17, 15) is 9.90 Å². The normalized spacial score (nSPS) is 22.8. The fraction of sp³-hybridized carbons (Fsp3) is 0.600. The van der Waals surface area contributed by atoms with E-state index >= 15 is 0 Å². The van der Waals surface area contributed by atoms with Crippen molar-refractivity contribution in [1.82, 2.24) is 4.98 Å². The number of pyridine rings is 1. The first-order valence-electron chi connectivity index (χ1n) is 6.97. The van der Waals surface area contributed by atoms with Gasteiger partial charge in [-0.15, -0.1) is 0 Å². The summed E-state index contributed by atoms with van der Waals surface area (Å²) in [5.74, 6) is -0.718. The largest absolute Gasteiger partial charge is 0.481 e. The highest BCUT2D eigenvalue weighted by Crippen LogP contribution is 2.36. The number of carboxylic acid groups (broad SMARTS) is 1. The van der Waals surface area contributed by atoms with Crippen LogP contribution in [-0.4, -0.2) is 42.9 Å². The van der Waals surface area contributed by atoms with Crippen LogP contribution in [0.4, 0.5) is 5.69 Å². The molecule has 1 saturated heterocycles. The summed E-state index contributed by atoms with van der Waals surface area (Å²) < 4.78 is 5.09. The molecule has 0 bridgehead atoms. The van der Waals surface area contributed by atoms with Gasteiger partial charge in [-0.1, -0.05) is 0 Å². The predicted octanol–water partition coefficient (Wildman–Crippen LogP) is 2.10. The Morgan fingerprint density at radius 2 is 2.40 bits per heavy atom. The molecule has 2 heterocycles. The first-order valence-corrected chi connectivity index (χ1v) is 6.97. The molecule has 5 nitrogen and oxygen atoms in total. The second-order valence-corrected chi connectivity index (χ2v) is 5.51. The molecule has 1 fully saturated rings. The molecule has 1 unspecified atom stereocenters. The molecule has 2 rings (SSSR count). The highest BCUT2D eigenvalue weighted by Gasteiger charge is 2.42. The van der Waals surface area contributed by atoms with Crippen molar-refractivity contribution < 1.29 is 14.6 Å². The van der Waals surface area contributed by atoms with Gasteiger partial charge in [0, 0.05) is 44.4 Å². The van der Waals surface area contributed by atoms with E-state index < -0.39 is 11.4 Å². The number of hydrogen-bond acceptors (Lipinski definition) is 4. The molecule has 1 aromatic heterocycles. The van der Waals surface area contributed by atoms with Gasteiger partial charge in [0.05, 0.1) is 5.41 Å². The molecule has 1 N–H and O–H groups in total. The lowest BCUT2D eigenvalue weighted by atomic mass is 9.77. The third-order valence-corrected chi connectivity index (χ3v) is 4.06. The summed E-state index contributed by atoms with van der Waals surface area (Å²) in [5.41, 5.74) is 1.30. The van der Waals surface area contributed by atoms with E-state index in [2.05, 4.69) is 9.88 Å². The van der Waals surface area contributed by atoms with Crippen molar-refractivity contribution in [2.24, 2.45) is 5.41 Å². The van der Waals surface area contributed by atoms with Crippen molar-refractivity contribution in [3.05, 3.63) is 24.0 Å². The van der Waals surface area contributed by atoms with Crippen LogP contribution >= 0.6 is 0 Å².